The highest BCUT2D eigenvalue weighted by Crippen LogP contribution is 2.25. The maximum atomic E-state index is 6.12. The number of benzene rings is 1. The number of hydrogen-bond acceptors (Lipinski definition) is 4. The molecule has 0 saturated heterocycles. The van der Waals surface area contributed by atoms with Crippen molar-refractivity contribution in [2.24, 2.45) is 0 Å². The van der Waals surface area contributed by atoms with Gasteiger partial charge in [0.2, 0.25) is 4.77 Å². The maximum Gasteiger partial charge on any atom is 0.213 e. The molecule has 1 aromatic carbocycles. The van der Waals surface area contributed by atoms with Crippen LogP contribution in [0, 0.1) is 4.77 Å². The Kier molecular flexibility index (Phi) is 6.51. The molecular formula is C16H23N3OS2. The largest absolute Gasteiger partial charge is 0.480 e. The Bertz CT molecular complexity index is 651. The number of rotatable bonds is 8. The van der Waals surface area contributed by atoms with Gasteiger partial charge in [-0.2, -0.15) is 0 Å². The van der Waals surface area contributed by atoms with E-state index in [2.05, 4.69) is 54.2 Å². The Hall–Kier alpha value is -1.27. The molecular weight excluding hydrogens is 314 g/mol. The summed E-state index contributed by atoms with van der Waals surface area (Å²) >= 11 is 6.68. The van der Waals surface area contributed by atoms with Gasteiger partial charge in [0, 0.05) is 0 Å². The molecule has 0 radical (unpaired) electrons. The topological polar surface area (TPSA) is 53.7 Å². The molecule has 0 aliphatic heterocycles. The first kappa shape index (κ1) is 17.1. The van der Waals surface area contributed by atoms with Crippen molar-refractivity contribution in [3.8, 4) is 5.75 Å². The predicted octanol–water partition coefficient (Wildman–Crippen LogP) is 4.64. The molecule has 1 atom stereocenters. The SMILES string of the molecule is CCc1ccc(OC(CC)SCc2nc(=S)[nH][nH]2)cc1CC. The first-order valence-electron chi connectivity index (χ1n) is 7.69. The molecule has 2 rings (SSSR count). The minimum Gasteiger partial charge on any atom is -0.480 e. The lowest BCUT2D eigenvalue weighted by molar-refractivity contribution is 0.283. The Balaban J connectivity index is 1.98. The van der Waals surface area contributed by atoms with E-state index >= 15 is 0 Å². The number of ether oxygens (including phenoxy) is 1. The lowest BCUT2D eigenvalue weighted by atomic mass is 10.0. The molecule has 0 aliphatic rings. The second kappa shape index (κ2) is 8.39. The first-order valence-corrected chi connectivity index (χ1v) is 9.15. The summed E-state index contributed by atoms with van der Waals surface area (Å²) in [6, 6.07) is 6.42. The van der Waals surface area contributed by atoms with E-state index in [-0.39, 0.29) is 5.44 Å². The van der Waals surface area contributed by atoms with Crippen molar-refractivity contribution in [1.29, 1.82) is 0 Å². The highest BCUT2D eigenvalue weighted by molar-refractivity contribution is 7.99. The van der Waals surface area contributed by atoms with Crippen LogP contribution in [0.1, 0.15) is 44.1 Å². The van der Waals surface area contributed by atoms with Crippen molar-refractivity contribution in [2.45, 2.75) is 51.2 Å². The second-order valence-electron chi connectivity index (χ2n) is 5.02. The predicted molar refractivity (Wildman–Crippen MR) is 95.0 cm³/mol. The quantitative estimate of drug-likeness (QED) is 0.544. The van der Waals surface area contributed by atoms with E-state index < -0.39 is 0 Å². The van der Waals surface area contributed by atoms with E-state index in [9.17, 15) is 0 Å². The Morgan fingerprint density at radius 2 is 1.95 bits per heavy atom. The monoisotopic (exact) mass is 337 g/mol. The molecule has 0 bridgehead atoms. The summed E-state index contributed by atoms with van der Waals surface area (Å²) in [7, 11) is 0. The van der Waals surface area contributed by atoms with Crippen LogP contribution in [0.2, 0.25) is 0 Å². The molecule has 1 heterocycles. The maximum absolute atomic E-state index is 6.12. The molecule has 2 N–H and O–H groups in total. The highest BCUT2D eigenvalue weighted by atomic mass is 32.2. The third-order valence-electron chi connectivity index (χ3n) is 3.50. The summed E-state index contributed by atoms with van der Waals surface area (Å²) in [5.41, 5.74) is 2.88. The zero-order chi connectivity index (χ0) is 15.9. The van der Waals surface area contributed by atoms with Crippen LogP contribution in [-0.2, 0) is 18.6 Å². The zero-order valence-corrected chi connectivity index (χ0v) is 14.9. The fourth-order valence-electron chi connectivity index (χ4n) is 2.28. The third-order valence-corrected chi connectivity index (χ3v) is 4.93. The second-order valence-corrected chi connectivity index (χ2v) is 6.55. The van der Waals surface area contributed by atoms with Crippen LogP contribution in [0.3, 0.4) is 0 Å². The van der Waals surface area contributed by atoms with E-state index in [1.54, 1.807) is 11.8 Å². The fourth-order valence-corrected chi connectivity index (χ4v) is 3.34. The van der Waals surface area contributed by atoms with Gasteiger partial charge in [-0.1, -0.05) is 26.8 Å². The van der Waals surface area contributed by atoms with E-state index in [0.29, 0.717) is 4.77 Å². The zero-order valence-electron chi connectivity index (χ0n) is 13.3. The van der Waals surface area contributed by atoms with E-state index in [4.69, 9.17) is 17.0 Å². The molecule has 0 spiro atoms. The molecule has 6 heteroatoms. The lowest BCUT2D eigenvalue weighted by Gasteiger charge is -2.18. The van der Waals surface area contributed by atoms with Gasteiger partial charge in [0.1, 0.15) is 17.0 Å². The van der Waals surface area contributed by atoms with Crippen molar-refractivity contribution in [3.05, 3.63) is 39.9 Å². The van der Waals surface area contributed by atoms with Gasteiger partial charge >= 0.3 is 0 Å². The number of aromatic amines is 2. The van der Waals surface area contributed by atoms with Gasteiger partial charge in [-0.25, -0.2) is 4.98 Å². The number of aromatic nitrogens is 3. The minimum absolute atomic E-state index is 0.107. The van der Waals surface area contributed by atoms with Crippen molar-refractivity contribution in [1.82, 2.24) is 15.2 Å². The Morgan fingerprint density at radius 1 is 1.18 bits per heavy atom. The van der Waals surface area contributed by atoms with Crippen molar-refractivity contribution in [2.75, 3.05) is 0 Å². The first-order chi connectivity index (χ1) is 10.7. The van der Waals surface area contributed by atoms with Crippen molar-refractivity contribution in [3.63, 3.8) is 0 Å². The molecule has 2 aromatic rings. The van der Waals surface area contributed by atoms with Gasteiger partial charge in [-0.15, -0.1) is 11.8 Å². The Labute approximate surface area is 141 Å². The molecule has 0 fully saturated rings. The van der Waals surface area contributed by atoms with Crippen LogP contribution in [-0.4, -0.2) is 20.6 Å². The molecule has 0 amide bonds. The summed E-state index contributed by atoms with van der Waals surface area (Å²) in [6.07, 6.45) is 3.04. The van der Waals surface area contributed by atoms with Gasteiger partial charge in [-0.05, 0) is 54.7 Å². The number of hydrogen-bond donors (Lipinski definition) is 2. The summed E-state index contributed by atoms with van der Waals surface area (Å²) in [5.74, 6) is 2.55. The fraction of sp³-hybridized carbons (Fsp3) is 0.500. The van der Waals surface area contributed by atoms with Gasteiger partial charge in [0.25, 0.3) is 0 Å². The van der Waals surface area contributed by atoms with Gasteiger partial charge in [-0.3, -0.25) is 10.2 Å². The number of thioether (sulfide) groups is 1. The number of nitrogens with one attached hydrogen (secondary N) is 2. The number of aryl methyl sites for hydroxylation is 2. The van der Waals surface area contributed by atoms with Crippen LogP contribution in [0.4, 0.5) is 0 Å². The molecule has 22 heavy (non-hydrogen) atoms. The molecule has 4 nitrogen and oxygen atoms in total. The third kappa shape index (κ3) is 4.61. The standard InChI is InChI=1S/C16H23N3OS2/c1-4-11-7-8-13(9-12(11)5-2)20-15(6-3)22-10-14-17-16(21)19-18-14/h7-9,15H,4-6,10H2,1-3H3,(H2,17,18,19,21). The van der Waals surface area contributed by atoms with Crippen LogP contribution >= 0.6 is 24.0 Å². The molecule has 1 aromatic heterocycles. The average molecular weight is 338 g/mol. The average Bonchev–Trinajstić information content (AvgIpc) is 2.96. The molecule has 0 saturated carbocycles. The summed E-state index contributed by atoms with van der Waals surface area (Å²) in [6.45, 7) is 6.50. The van der Waals surface area contributed by atoms with Gasteiger partial charge < -0.3 is 4.74 Å². The van der Waals surface area contributed by atoms with E-state index in [1.807, 2.05) is 0 Å². The van der Waals surface area contributed by atoms with Crippen LogP contribution in [0.5, 0.6) is 5.75 Å². The van der Waals surface area contributed by atoms with Gasteiger partial charge in [0.15, 0.2) is 0 Å². The minimum atomic E-state index is 0.107. The lowest BCUT2D eigenvalue weighted by Crippen LogP contribution is -2.11. The molecule has 1 unspecified atom stereocenters. The van der Waals surface area contributed by atoms with E-state index in [1.165, 1.54) is 11.1 Å². The Morgan fingerprint density at radius 3 is 2.55 bits per heavy atom. The normalized spacial score (nSPS) is 12.3. The molecule has 120 valence electrons. The summed E-state index contributed by atoms with van der Waals surface area (Å²) in [4.78, 5) is 4.20. The highest BCUT2D eigenvalue weighted by Gasteiger charge is 2.11. The summed E-state index contributed by atoms with van der Waals surface area (Å²) < 4.78 is 6.61. The van der Waals surface area contributed by atoms with Gasteiger partial charge in [0.05, 0.1) is 5.75 Å². The van der Waals surface area contributed by atoms with E-state index in [0.717, 1.165) is 36.6 Å². The smallest absolute Gasteiger partial charge is 0.213 e. The molecule has 0 aliphatic carbocycles. The van der Waals surface area contributed by atoms with Crippen molar-refractivity contribution >= 4 is 24.0 Å². The number of nitrogens with zero attached hydrogens (tertiary/aromatic N) is 1. The van der Waals surface area contributed by atoms with Crippen LogP contribution in [0.15, 0.2) is 18.2 Å². The number of H-pyrrole nitrogens is 2. The summed E-state index contributed by atoms with van der Waals surface area (Å²) in [5, 5.41) is 5.78. The van der Waals surface area contributed by atoms with Crippen molar-refractivity contribution < 1.29 is 4.74 Å². The van der Waals surface area contributed by atoms with Crippen LogP contribution < -0.4 is 4.74 Å². The van der Waals surface area contributed by atoms with Crippen LogP contribution in [0.25, 0.3) is 0 Å².